The molecule has 123 valence electrons. The van der Waals surface area contributed by atoms with Crippen LogP contribution in [0.5, 0.6) is 0 Å². The van der Waals surface area contributed by atoms with Crippen LogP contribution < -0.4 is 0 Å². The molecule has 0 aliphatic heterocycles. The van der Waals surface area contributed by atoms with E-state index >= 15 is 0 Å². The normalized spacial score (nSPS) is 16.6. The van der Waals surface area contributed by atoms with E-state index in [1.807, 2.05) is 7.05 Å². The van der Waals surface area contributed by atoms with Gasteiger partial charge >= 0.3 is 0 Å². The molecule has 0 aromatic carbocycles. The third-order valence-corrected chi connectivity index (χ3v) is 12.5. The summed E-state index contributed by atoms with van der Waals surface area (Å²) in [5.41, 5.74) is 2.47. The van der Waals surface area contributed by atoms with Gasteiger partial charge in [-0.3, -0.25) is 4.99 Å². The second kappa shape index (κ2) is 8.71. The summed E-state index contributed by atoms with van der Waals surface area (Å²) in [5, 5.41) is -0.211. The zero-order valence-electron chi connectivity index (χ0n) is 15.1. The number of aliphatic imine (C=N–C) groups is 1. The van der Waals surface area contributed by atoms with Crippen molar-refractivity contribution in [2.24, 2.45) is 4.99 Å². The van der Waals surface area contributed by atoms with Crippen LogP contribution in [0.4, 0.5) is 0 Å². The molecule has 0 amide bonds. The van der Waals surface area contributed by atoms with Gasteiger partial charge in [0.2, 0.25) is 0 Å². The molecule has 2 nitrogen and oxygen atoms in total. The molecule has 1 unspecified atom stereocenters. The van der Waals surface area contributed by atoms with E-state index in [4.69, 9.17) is 4.74 Å². The number of hydrogen-bond acceptors (Lipinski definition) is 2. The monoisotopic (exact) mass is 343 g/mol. The molecule has 0 bridgehead atoms. The zero-order valence-corrected chi connectivity index (χ0v) is 17.1. The molecule has 0 aliphatic rings. The summed E-state index contributed by atoms with van der Waals surface area (Å²) in [7, 11) is 0.188. The Balaban J connectivity index is 0. The number of rotatable bonds is 7. The average Bonchev–Trinajstić information content (AvgIpc) is 2.27. The van der Waals surface area contributed by atoms with Crippen LogP contribution in [0.25, 0.3) is 0 Å². The van der Waals surface area contributed by atoms with Crippen molar-refractivity contribution < 1.29 is 21.5 Å². The molecule has 0 spiro atoms. The minimum absolute atomic E-state index is 0. The minimum Gasteiger partial charge on any atom is -0.543 e. The van der Waals surface area contributed by atoms with Crippen LogP contribution in [-0.2, 0) is 21.5 Å². The average molecular weight is 343 g/mol. The Morgan fingerprint density at radius 3 is 1.80 bits per heavy atom. The van der Waals surface area contributed by atoms with Gasteiger partial charge in [-0.05, 0) is 24.9 Å². The summed E-state index contributed by atoms with van der Waals surface area (Å²) in [4.78, 5) is 4.51. The first-order valence-corrected chi connectivity index (χ1v) is 9.89. The Kier molecular flexibility index (Phi) is 9.86. The quantitative estimate of drug-likeness (QED) is 0.351. The summed E-state index contributed by atoms with van der Waals surface area (Å²) in [6.07, 6.45) is 1.04. The Morgan fingerprint density at radius 2 is 1.60 bits per heavy atom. The number of ether oxygens (including phenoxy) is 1. The topological polar surface area (TPSA) is 21.6 Å². The van der Waals surface area contributed by atoms with Crippen molar-refractivity contribution in [2.45, 2.75) is 84.7 Å². The van der Waals surface area contributed by atoms with Gasteiger partial charge in [-0.15, -0.1) is 0 Å². The molecule has 4 heteroatoms. The summed E-state index contributed by atoms with van der Waals surface area (Å²) in [6.45, 7) is 20.3. The van der Waals surface area contributed by atoms with E-state index in [0.717, 1.165) is 11.8 Å². The van der Waals surface area contributed by atoms with Crippen molar-refractivity contribution in [2.75, 3.05) is 7.05 Å². The van der Waals surface area contributed by atoms with Crippen molar-refractivity contribution in [1.82, 2.24) is 0 Å². The maximum absolute atomic E-state index is 6.42. The predicted molar refractivity (Wildman–Crippen MR) is 89.5 cm³/mol. The molecule has 0 aromatic heterocycles. The van der Waals surface area contributed by atoms with Crippen LogP contribution in [0.15, 0.2) is 4.99 Å². The van der Waals surface area contributed by atoms with Crippen molar-refractivity contribution >= 4 is 13.8 Å². The molecule has 20 heavy (non-hydrogen) atoms. The first-order chi connectivity index (χ1) is 8.60. The smallest absolute Gasteiger partial charge is 0.0994 e. The number of hydrogen-bond donors (Lipinski definition) is 0. The second-order valence-electron chi connectivity index (χ2n) is 6.56. The third kappa shape index (κ3) is 3.96. The Bertz CT molecular complexity index is 308. The fourth-order valence-corrected chi connectivity index (χ4v) is 11.1. The molecule has 0 saturated heterocycles. The SMILES string of the molecule is CC[Si](C(C)C)(C(C)C)C(C)(O[C-](C)C)C(C)=NC.[Co]. The molecule has 0 saturated carbocycles. The van der Waals surface area contributed by atoms with Gasteiger partial charge in [-0.25, -0.2) is 6.10 Å². The van der Waals surface area contributed by atoms with Gasteiger partial charge in [0.25, 0.3) is 0 Å². The summed E-state index contributed by atoms with van der Waals surface area (Å²) < 4.78 is 6.42. The minimum atomic E-state index is -1.70. The van der Waals surface area contributed by atoms with Crippen molar-refractivity contribution in [3.63, 3.8) is 0 Å². The van der Waals surface area contributed by atoms with Gasteiger partial charge in [0.15, 0.2) is 0 Å². The fourth-order valence-electron chi connectivity index (χ4n) is 4.05. The van der Waals surface area contributed by atoms with E-state index in [1.165, 1.54) is 6.04 Å². The standard InChI is InChI=1S/C16H34NOSi.Co/c1-11-19(13(4)5,14(6)7)16(9,15(8)17-10)18-12(2)3;/h13-14H,11H2,1-10H3;/q-1;. The number of nitrogens with zero attached hydrogens (tertiary/aromatic N) is 1. The van der Waals surface area contributed by atoms with Gasteiger partial charge in [-0.1, -0.05) is 40.7 Å². The van der Waals surface area contributed by atoms with Crippen LogP contribution in [-0.4, -0.2) is 26.1 Å². The van der Waals surface area contributed by atoms with E-state index in [2.05, 4.69) is 67.3 Å². The molecular weight excluding hydrogens is 309 g/mol. The Labute approximate surface area is 138 Å². The Morgan fingerprint density at radius 1 is 1.20 bits per heavy atom. The molecular formula is C16H34CoNOSi-. The van der Waals surface area contributed by atoms with E-state index in [0.29, 0.717) is 11.1 Å². The maximum atomic E-state index is 6.42. The third-order valence-electron chi connectivity index (χ3n) is 4.97. The van der Waals surface area contributed by atoms with Gasteiger partial charge in [-0.2, -0.15) is 13.8 Å². The van der Waals surface area contributed by atoms with Crippen LogP contribution in [0.2, 0.25) is 17.1 Å². The van der Waals surface area contributed by atoms with Gasteiger partial charge in [0.05, 0.1) is 13.3 Å². The van der Waals surface area contributed by atoms with Crippen molar-refractivity contribution in [1.29, 1.82) is 0 Å². The first-order valence-electron chi connectivity index (χ1n) is 7.53. The van der Waals surface area contributed by atoms with Gasteiger partial charge < -0.3 is 4.74 Å². The van der Waals surface area contributed by atoms with E-state index in [-0.39, 0.29) is 22.0 Å². The van der Waals surface area contributed by atoms with Crippen molar-refractivity contribution in [3.05, 3.63) is 6.10 Å². The second-order valence-corrected chi connectivity index (χ2v) is 12.6. The molecule has 0 fully saturated rings. The van der Waals surface area contributed by atoms with E-state index < -0.39 is 8.07 Å². The first kappa shape index (κ1) is 22.6. The predicted octanol–water partition coefficient (Wildman–Crippen LogP) is 5.25. The van der Waals surface area contributed by atoms with Crippen LogP contribution >= 0.6 is 0 Å². The van der Waals surface area contributed by atoms with Crippen LogP contribution in [0, 0.1) is 6.10 Å². The largest absolute Gasteiger partial charge is 0.543 e. The Hall–Kier alpha value is 0.353. The summed E-state index contributed by atoms with van der Waals surface area (Å²) in [5.74, 6) is 0. The molecule has 0 rings (SSSR count). The van der Waals surface area contributed by atoms with Gasteiger partial charge in [0.1, 0.15) is 0 Å². The molecule has 1 radical (unpaired) electrons. The molecule has 0 N–H and O–H groups in total. The summed E-state index contributed by atoms with van der Waals surface area (Å²) in [6, 6.07) is 1.22. The molecule has 0 aromatic rings. The van der Waals surface area contributed by atoms with Crippen LogP contribution in [0.3, 0.4) is 0 Å². The fraction of sp³-hybridized carbons (Fsp3) is 0.875. The maximum Gasteiger partial charge on any atom is 0.0994 e. The molecule has 1 atom stereocenters. The molecule has 0 heterocycles. The van der Waals surface area contributed by atoms with E-state index in [1.54, 1.807) is 0 Å². The molecule has 0 aliphatic carbocycles. The summed E-state index contributed by atoms with van der Waals surface area (Å²) >= 11 is 0. The van der Waals surface area contributed by atoms with E-state index in [9.17, 15) is 0 Å². The zero-order chi connectivity index (χ0) is 15.4. The van der Waals surface area contributed by atoms with Gasteiger partial charge in [0, 0.05) is 29.5 Å². The van der Waals surface area contributed by atoms with Crippen molar-refractivity contribution in [3.8, 4) is 0 Å². The van der Waals surface area contributed by atoms with Crippen LogP contribution in [0.1, 0.15) is 62.3 Å².